The molecule has 0 bridgehead atoms. The third kappa shape index (κ3) is 2.17. The highest BCUT2D eigenvalue weighted by Crippen LogP contribution is 2.04. The van der Waals surface area contributed by atoms with Crippen LogP contribution in [0.1, 0.15) is 10.5 Å². The highest BCUT2D eigenvalue weighted by atomic mass is 16.5. The number of esters is 1. The summed E-state index contributed by atoms with van der Waals surface area (Å²) in [7, 11) is 0. The summed E-state index contributed by atoms with van der Waals surface area (Å²) in [6.45, 7) is -0.102. The Balaban J connectivity index is 2.78. The molecule has 0 amide bonds. The number of nitrogen functional groups attached to an aromatic ring is 1. The van der Waals surface area contributed by atoms with Crippen molar-refractivity contribution in [2.45, 2.75) is 0 Å². The van der Waals surface area contributed by atoms with E-state index >= 15 is 0 Å². The highest BCUT2D eigenvalue weighted by Gasteiger charge is 2.12. The Labute approximate surface area is 74.9 Å². The van der Waals surface area contributed by atoms with Crippen LogP contribution in [-0.4, -0.2) is 22.5 Å². The van der Waals surface area contributed by atoms with Gasteiger partial charge in [-0.05, 0) is 0 Å². The molecule has 0 spiro atoms. The number of carbonyl (C=O) groups excluding carboxylic acids is 1. The maximum Gasteiger partial charge on any atom is 0.361 e. The lowest BCUT2D eigenvalue weighted by atomic mass is 10.4. The van der Waals surface area contributed by atoms with Crippen LogP contribution in [0.25, 0.3) is 0 Å². The molecule has 0 saturated heterocycles. The number of hydrogen-bond acceptors (Lipinski definition) is 5. The molecule has 5 nitrogen and oxygen atoms in total. The van der Waals surface area contributed by atoms with E-state index in [9.17, 15) is 4.79 Å². The molecule has 1 heterocycles. The van der Waals surface area contributed by atoms with Crippen LogP contribution in [0.15, 0.2) is 12.4 Å². The molecule has 0 atom stereocenters. The summed E-state index contributed by atoms with van der Waals surface area (Å²) in [5.74, 6) is 1.52. The van der Waals surface area contributed by atoms with Crippen LogP contribution in [0, 0.1) is 12.3 Å². The second-order valence-electron chi connectivity index (χ2n) is 2.07. The SMILES string of the molecule is C#CCOC(=O)c1nccnc1N. The molecule has 66 valence electrons. The van der Waals surface area contributed by atoms with Crippen molar-refractivity contribution in [3.8, 4) is 12.3 Å². The molecule has 0 aliphatic rings. The Kier molecular flexibility index (Phi) is 2.82. The van der Waals surface area contributed by atoms with Crippen molar-refractivity contribution in [2.24, 2.45) is 0 Å². The van der Waals surface area contributed by atoms with Crippen LogP contribution >= 0.6 is 0 Å². The van der Waals surface area contributed by atoms with Crippen molar-refractivity contribution in [2.75, 3.05) is 12.3 Å². The van der Waals surface area contributed by atoms with E-state index < -0.39 is 5.97 Å². The topological polar surface area (TPSA) is 78.1 Å². The molecule has 1 rings (SSSR count). The van der Waals surface area contributed by atoms with Gasteiger partial charge >= 0.3 is 5.97 Å². The first-order valence-corrected chi connectivity index (χ1v) is 3.42. The monoisotopic (exact) mass is 177 g/mol. The van der Waals surface area contributed by atoms with Gasteiger partial charge in [0.25, 0.3) is 0 Å². The van der Waals surface area contributed by atoms with Crippen LogP contribution < -0.4 is 5.73 Å². The molecule has 2 N–H and O–H groups in total. The van der Waals surface area contributed by atoms with Gasteiger partial charge < -0.3 is 10.5 Å². The highest BCUT2D eigenvalue weighted by molar-refractivity contribution is 5.91. The zero-order valence-corrected chi connectivity index (χ0v) is 6.73. The van der Waals surface area contributed by atoms with Gasteiger partial charge in [0.05, 0.1) is 0 Å². The molecule has 1 aromatic heterocycles. The third-order valence-electron chi connectivity index (χ3n) is 1.21. The van der Waals surface area contributed by atoms with Crippen LogP contribution in [0.3, 0.4) is 0 Å². The van der Waals surface area contributed by atoms with Crippen molar-refractivity contribution in [3.05, 3.63) is 18.1 Å². The Morgan fingerprint density at radius 3 is 2.92 bits per heavy atom. The number of terminal acetylenes is 1. The van der Waals surface area contributed by atoms with Gasteiger partial charge in [0.15, 0.2) is 18.1 Å². The fourth-order valence-electron chi connectivity index (χ4n) is 0.682. The summed E-state index contributed by atoms with van der Waals surface area (Å²) in [6, 6.07) is 0. The van der Waals surface area contributed by atoms with E-state index in [0.717, 1.165) is 0 Å². The minimum absolute atomic E-state index is 0.0160. The fourth-order valence-corrected chi connectivity index (χ4v) is 0.682. The average Bonchev–Trinajstić information content (AvgIpc) is 2.15. The maximum absolute atomic E-state index is 11.1. The first kappa shape index (κ1) is 9.00. The van der Waals surface area contributed by atoms with E-state index in [1.165, 1.54) is 12.4 Å². The number of ether oxygens (including phenoxy) is 1. The van der Waals surface area contributed by atoms with Gasteiger partial charge in [0.1, 0.15) is 0 Å². The van der Waals surface area contributed by atoms with Crippen molar-refractivity contribution < 1.29 is 9.53 Å². The van der Waals surface area contributed by atoms with Crippen LogP contribution in [0.5, 0.6) is 0 Å². The van der Waals surface area contributed by atoms with Gasteiger partial charge in [0, 0.05) is 12.4 Å². The summed E-state index contributed by atoms with van der Waals surface area (Å²) in [5, 5.41) is 0. The van der Waals surface area contributed by atoms with Crippen LogP contribution in [-0.2, 0) is 4.74 Å². The predicted molar refractivity (Wildman–Crippen MR) is 45.6 cm³/mol. The standard InChI is InChI=1S/C8H7N3O2/c1-2-5-13-8(12)6-7(9)11-4-3-10-6/h1,3-4H,5H2,(H2,9,11). The number of nitrogens with zero attached hydrogens (tertiary/aromatic N) is 2. The number of nitrogens with two attached hydrogens (primary N) is 1. The zero-order chi connectivity index (χ0) is 9.68. The fraction of sp³-hybridized carbons (Fsp3) is 0.125. The molecular weight excluding hydrogens is 170 g/mol. The lowest BCUT2D eigenvalue weighted by Gasteiger charge is -2.01. The van der Waals surface area contributed by atoms with Gasteiger partial charge in [-0.25, -0.2) is 14.8 Å². The quantitative estimate of drug-likeness (QED) is 0.502. The summed E-state index contributed by atoms with van der Waals surface area (Å²) in [6.07, 6.45) is 7.63. The molecule has 13 heavy (non-hydrogen) atoms. The Bertz CT molecular complexity index is 357. The Morgan fingerprint density at radius 2 is 2.31 bits per heavy atom. The summed E-state index contributed by atoms with van der Waals surface area (Å²) in [4.78, 5) is 18.5. The van der Waals surface area contributed by atoms with Gasteiger partial charge in [-0.3, -0.25) is 0 Å². The van der Waals surface area contributed by atoms with Crippen molar-refractivity contribution in [3.63, 3.8) is 0 Å². The number of hydrogen-bond donors (Lipinski definition) is 1. The van der Waals surface area contributed by atoms with E-state index in [0.29, 0.717) is 0 Å². The van der Waals surface area contributed by atoms with Crippen molar-refractivity contribution >= 4 is 11.8 Å². The van der Waals surface area contributed by atoms with E-state index in [1.54, 1.807) is 0 Å². The second-order valence-corrected chi connectivity index (χ2v) is 2.07. The van der Waals surface area contributed by atoms with E-state index in [2.05, 4.69) is 20.6 Å². The van der Waals surface area contributed by atoms with E-state index in [1.807, 2.05) is 0 Å². The second kappa shape index (κ2) is 4.07. The lowest BCUT2D eigenvalue weighted by molar-refractivity contribution is 0.0551. The molecule has 0 unspecified atom stereocenters. The third-order valence-corrected chi connectivity index (χ3v) is 1.21. The largest absolute Gasteiger partial charge is 0.448 e. The smallest absolute Gasteiger partial charge is 0.361 e. The van der Waals surface area contributed by atoms with E-state index in [-0.39, 0.29) is 18.1 Å². The molecule has 0 fully saturated rings. The Morgan fingerprint density at radius 1 is 1.62 bits per heavy atom. The zero-order valence-electron chi connectivity index (χ0n) is 6.73. The molecule has 0 aliphatic carbocycles. The van der Waals surface area contributed by atoms with Gasteiger partial charge in [-0.2, -0.15) is 0 Å². The molecule has 0 aliphatic heterocycles. The number of carbonyl (C=O) groups is 1. The Hall–Kier alpha value is -2.09. The van der Waals surface area contributed by atoms with E-state index in [4.69, 9.17) is 12.2 Å². The molecule has 0 saturated carbocycles. The van der Waals surface area contributed by atoms with Crippen LogP contribution in [0.2, 0.25) is 0 Å². The molecule has 5 heteroatoms. The van der Waals surface area contributed by atoms with Gasteiger partial charge in [-0.1, -0.05) is 5.92 Å². The molecular formula is C8H7N3O2. The van der Waals surface area contributed by atoms with Gasteiger partial charge in [0.2, 0.25) is 0 Å². The molecule has 0 aromatic carbocycles. The first-order chi connectivity index (χ1) is 6.25. The normalized spacial score (nSPS) is 8.85. The minimum atomic E-state index is -0.663. The van der Waals surface area contributed by atoms with Crippen molar-refractivity contribution in [1.82, 2.24) is 9.97 Å². The minimum Gasteiger partial charge on any atom is -0.448 e. The van der Waals surface area contributed by atoms with Crippen molar-refractivity contribution in [1.29, 1.82) is 0 Å². The number of anilines is 1. The molecule has 1 aromatic rings. The predicted octanol–water partition coefficient (Wildman–Crippen LogP) is -0.151. The summed E-state index contributed by atoms with van der Waals surface area (Å²) < 4.78 is 4.60. The average molecular weight is 177 g/mol. The molecule has 0 radical (unpaired) electrons. The number of rotatable bonds is 2. The van der Waals surface area contributed by atoms with Crippen LogP contribution in [0.4, 0.5) is 5.82 Å². The summed E-state index contributed by atoms with van der Waals surface area (Å²) >= 11 is 0. The number of aromatic nitrogens is 2. The first-order valence-electron chi connectivity index (χ1n) is 3.42. The summed E-state index contributed by atoms with van der Waals surface area (Å²) in [5.41, 5.74) is 5.35. The maximum atomic E-state index is 11.1. The van der Waals surface area contributed by atoms with Gasteiger partial charge in [-0.15, -0.1) is 6.42 Å². The lowest BCUT2D eigenvalue weighted by Crippen LogP contribution is -2.11.